The van der Waals surface area contributed by atoms with E-state index in [4.69, 9.17) is 4.74 Å². The SMILES string of the molecule is Cc1ccc(OCC(=O)N2CCN(CC(=O)Nc3ccc(F)cc3)CC2)c(C)c1. The van der Waals surface area contributed by atoms with Crippen LogP contribution in [0.3, 0.4) is 0 Å². The smallest absolute Gasteiger partial charge is 0.260 e. The number of piperazine rings is 1. The Morgan fingerprint density at radius 1 is 1.03 bits per heavy atom. The van der Waals surface area contributed by atoms with Crippen LogP contribution in [-0.4, -0.2) is 60.9 Å². The summed E-state index contributed by atoms with van der Waals surface area (Å²) in [5.74, 6) is 0.167. The summed E-state index contributed by atoms with van der Waals surface area (Å²) in [5, 5.41) is 2.75. The fourth-order valence-electron chi connectivity index (χ4n) is 3.28. The number of nitrogens with zero attached hydrogens (tertiary/aromatic N) is 2. The Bertz CT molecular complexity index is 862. The van der Waals surface area contributed by atoms with Gasteiger partial charge < -0.3 is 15.0 Å². The molecule has 2 aromatic rings. The number of carbonyl (C=O) groups excluding carboxylic acids is 2. The van der Waals surface area contributed by atoms with E-state index in [-0.39, 0.29) is 30.8 Å². The van der Waals surface area contributed by atoms with Crippen molar-refractivity contribution in [3.8, 4) is 5.75 Å². The van der Waals surface area contributed by atoms with Gasteiger partial charge in [-0.3, -0.25) is 14.5 Å². The fourth-order valence-corrected chi connectivity index (χ4v) is 3.28. The number of anilines is 1. The van der Waals surface area contributed by atoms with E-state index in [1.165, 1.54) is 24.3 Å². The minimum atomic E-state index is -0.342. The molecule has 1 aliphatic heterocycles. The van der Waals surface area contributed by atoms with Gasteiger partial charge in [-0.25, -0.2) is 4.39 Å². The molecule has 1 heterocycles. The number of amides is 2. The van der Waals surface area contributed by atoms with Gasteiger partial charge in [0.25, 0.3) is 5.91 Å². The first-order chi connectivity index (χ1) is 13.9. The average Bonchev–Trinajstić information content (AvgIpc) is 2.69. The molecule has 0 atom stereocenters. The summed E-state index contributed by atoms with van der Waals surface area (Å²) in [6, 6.07) is 11.5. The summed E-state index contributed by atoms with van der Waals surface area (Å²) in [6.07, 6.45) is 0. The molecule has 6 nitrogen and oxygen atoms in total. The van der Waals surface area contributed by atoms with Crippen molar-refractivity contribution < 1.29 is 18.7 Å². The van der Waals surface area contributed by atoms with E-state index in [0.717, 1.165) is 16.9 Å². The summed E-state index contributed by atoms with van der Waals surface area (Å²) in [7, 11) is 0. The summed E-state index contributed by atoms with van der Waals surface area (Å²) in [5.41, 5.74) is 2.73. The van der Waals surface area contributed by atoms with E-state index in [2.05, 4.69) is 5.32 Å². The van der Waals surface area contributed by atoms with Gasteiger partial charge in [-0.15, -0.1) is 0 Å². The number of rotatable bonds is 6. The van der Waals surface area contributed by atoms with Gasteiger partial charge in [0, 0.05) is 31.9 Å². The molecule has 1 aliphatic rings. The third kappa shape index (κ3) is 6.02. The maximum absolute atomic E-state index is 12.9. The van der Waals surface area contributed by atoms with E-state index < -0.39 is 0 Å². The minimum absolute atomic E-state index is 0.00888. The Morgan fingerprint density at radius 2 is 1.72 bits per heavy atom. The topological polar surface area (TPSA) is 61.9 Å². The monoisotopic (exact) mass is 399 g/mol. The Balaban J connectivity index is 1.40. The van der Waals surface area contributed by atoms with E-state index in [0.29, 0.717) is 31.9 Å². The molecule has 2 aromatic carbocycles. The van der Waals surface area contributed by atoms with Crippen LogP contribution in [0, 0.1) is 19.7 Å². The first-order valence-electron chi connectivity index (χ1n) is 9.66. The van der Waals surface area contributed by atoms with Crippen LogP contribution in [0.1, 0.15) is 11.1 Å². The van der Waals surface area contributed by atoms with Crippen molar-refractivity contribution in [1.82, 2.24) is 9.80 Å². The lowest BCUT2D eigenvalue weighted by Crippen LogP contribution is -2.51. The van der Waals surface area contributed by atoms with Crippen LogP contribution in [0.5, 0.6) is 5.75 Å². The molecule has 29 heavy (non-hydrogen) atoms. The van der Waals surface area contributed by atoms with E-state index in [1.54, 1.807) is 4.90 Å². The molecule has 0 unspecified atom stereocenters. The molecular formula is C22H26FN3O3. The normalized spacial score (nSPS) is 14.5. The summed E-state index contributed by atoms with van der Waals surface area (Å²) in [4.78, 5) is 28.3. The maximum atomic E-state index is 12.9. The first kappa shape index (κ1) is 20.8. The van der Waals surface area contributed by atoms with E-state index in [1.807, 2.05) is 36.9 Å². The highest BCUT2D eigenvalue weighted by atomic mass is 19.1. The lowest BCUT2D eigenvalue weighted by molar-refractivity contribution is -0.135. The molecule has 0 aromatic heterocycles. The number of halogens is 1. The highest BCUT2D eigenvalue weighted by Crippen LogP contribution is 2.18. The van der Waals surface area contributed by atoms with Crippen molar-refractivity contribution >= 4 is 17.5 Å². The van der Waals surface area contributed by atoms with Gasteiger partial charge in [0.2, 0.25) is 5.91 Å². The number of hydrogen-bond acceptors (Lipinski definition) is 4. The quantitative estimate of drug-likeness (QED) is 0.811. The predicted octanol–water partition coefficient (Wildman–Crippen LogP) is 2.60. The second-order valence-corrected chi connectivity index (χ2v) is 7.27. The van der Waals surface area contributed by atoms with Gasteiger partial charge in [-0.05, 0) is 49.7 Å². The third-order valence-electron chi connectivity index (χ3n) is 4.90. The number of ether oxygens (including phenoxy) is 1. The van der Waals surface area contributed by atoms with Crippen LogP contribution < -0.4 is 10.1 Å². The Kier molecular flexibility index (Phi) is 6.82. The molecule has 0 radical (unpaired) electrons. The molecule has 0 bridgehead atoms. The summed E-state index contributed by atoms with van der Waals surface area (Å²) in [6.45, 7) is 6.56. The number of hydrogen-bond donors (Lipinski definition) is 1. The van der Waals surface area contributed by atoms with Gasteiger partial charge in [0.05, 0.1) is 6.54 Å². The Morgan fingerprint density at radius 3 is 2.38 bits per heavy atom. The molecule has 154 valence electrons. The molecule has 1 fully saturated rings. The zero-order valence-corrected chi connectivity index (χ0v) is 16.8. The molecule has 3 rings (SSSR count). The molecule has 1 saturated heterocycles. The first-order valence-corrected chi connectivity index (χ1v) is 9.66. The van der Waals surface area contributed by atoms with Crippen LogP contribution in [-0.2, 0) is 9.59 Å². The molecule has 0 saturated carbocycles. The van der Waals surface area contributed by atoms with Crippen LogP contribution in [0.2, 0.25) is 0 Å². The van der Waals surface area contributed by atoms with Crippen LogP contribution in [0.25, 0.3) is 0 Å². The second-order valence-electron chi connectivity index (χ2n) is 7.27. The number of aryl methyl sites for hydroxylation is 2. The van der Waals surface area contributed by atoms with E-state index >= 15 is 0 Å². The highest BCUT2D eigenvalue weighted by Gasteiger charge is 2.23. The Hall–Kier alpha value is -2.93. The predicted molar refractivity (Wildman–Crippen MR) is 109 cm³/mol. The van der Waals surface area contributed by atoms with Gasteiger partial charge in [0.1, 0.15) is 11.6 Å². The summed E-state index contributed by atoms with van der Waals surface area (Å²) < 4.78 is 18.6. The van der Waals surface area contributed by atoms with Gasteiger partial charge >= 0.3 is 0 Å². The number of carbonyl (C=O) groups is 2. The van der Waals surface area contributed by atoms with Gasteiger partial charge in [-0.1, -0.05) is 17.7 Å². The number of nitrogens with one attached hydrogen (secondary N) is 1. The molecule has 0 spiro atoms. The van der Waals surface area contributed by atoms with Crippen molar-refractivity contribution in [3.63, 3.8) is 0 Å². The molecule has 0 aliphatic carbocycles. The highest BCUT2D eigenvalue weighted by molar-refractivity contribution is 5.92. The van der Waals surface area contributed by atoms with Crippen LogP contribution in [0.15, 0.2) is 42.5 Å². The zero-order valence-electron chi connectivity index (χ0n) is 16.8. The van der Waals surface area contributed by atoms with Crippen LogP contribution in [0.4, 0.5) is 10.1 Å². The fraction of sp³-hybridized carbons (Fsp3) is 0.364. The number of benzene rings is 2. The van der Waals surface area contributed by atoms with Crippen LogP contribution >= 0.6 is 0 Å². The van der Waals surface area contributed by atoms with Crippen molar-refractivity contribution in [2.75, 3.05) is 44.6 Å². The molecule has 1 N–H and O–H groups in total. The van der Waals surface area contributed by atoms with Gasteiger partial charge in [-0.2, -0.15) is 0 Å². The largest absolute Gasteiger partial charge is 0.484 e. The lowest BCUT2D eigenvalue weighted by atomic mass is 10.1. The summed E-state index contributed by atoms with van der Waals surface area (Å²) >= 11 is 0. The van der Waals surface area contributed by atoms with E-state index in [9.17, 15) is 14.0 Å². The lowest BCUT2D eigenvalue weighted by Gasteiger charge is -2.34. The van der Waals surface area contributed by atoms with Crippen molar-refractivity contribution in [3.05, 3.63) is 59.4 Å². The zero-order chi connectivity index (χ0) is 20.8. The maximum Gasteiger partial charge on any atom is 0.260 e. The van der Waals surface area contributed by atoms with Crippen molar-refractivity contribution in [1.29, 1.82) is 0 Å². The third-order valence-corrected chi connectivity index (χ3v) is 4.90. The van der Waals surface area contributed by atoms with Crippen molar-refractivity contribution in [2.24, 2.45) is 0 Å². The molecule has 7 heteroatoms. The molecular weight excluding hydrogens is 373 g/mol. The minimum Gasteiger partial charge on any atom is -0.484 e. The standard InChI is InChI=1S/C22H26FN3O3/c1-16-3-8-20(17(2)13-16)29-15-22(28)26-11-9-25(10-12-26)14-21(27)24-19-6-4-18(23)5-7-19/h3-8,13H,9-12,14-15H2,1-2H3,(H,24,27). The van der Waals surface area contributed by atoms with Gasteiger partial charge in [0.15, 0.2) is 6.61 Å². The average molecular weight is 399 g/mol. The molecule has 2 amide bonds. The van der Waals surface area contributed by atoms with Crippen molar-refractivity contribution in [2.45, 2.75) is 13.8 Å². The Labute approximate surface area is 170 Å². The second kappa shape index (κ2) is 9.52.